The van der Waals surface area contributed by atoms with Gasteiger partial charge in [0, 0.05) is 6.42 Å². The maximum atomic E-state index is 10.7. The van der Waals surface area contributed by atoms with Crippen molar-refractivity contribution in [1.29, 1.82) is 0 Å². The molecule has 1 fully saturated rings. The number of hydrogen-bond donors (Lipinski definition) is 3. The second-order valence-corrected chi connectivity index (χ2v) is 8.01. The third-order valence-electron chi connectivity index (χ3n) is 5.58. The normalized spacial score (nSPS) is 23.0. The van der Waals surface area contributed by atoms with Crippen LogP contribution >= 0.6 is 0 Å². The van der Waals surface area contributed by atoms with Crippen molar-refractivity contribution in [3.8, 4) is 0 Å². The fourth-order valence-corrected chi connectivity index (χ4v) is 3.92. The van der Waals surface area contributed by atoms with Crippen molar-refractivity contribution < 1.29 is 20.1 Å². The number of aliphatic carboxylic acids is 1. The molecular weight excluding hydrogens is 352 g/mol. The van der Waals surface area contributed by atoms with Crippen LogP contribution in [-0.4, -0.2) is 33.5 Å². The van der Waals surface area contributed by atoms with Crippen molar-refractivity contribution in [2.75, 3.05) is 0 Å². The Kier molecular flexibility index (Phi) is 13.7. The molecule has 0 amide bonds. The molecule has 28 heavy (non-hydrogen) atoms. The molecule has 1 aliphatic carbocycles. The molecule has 3 N–H and O–H groups in total. The van der Waals surface area contributed by atoms with Gasteiger partial charge in [-0.15, -0.1) is 0 Å². The van der Waals surface area contributed by atoms with Crippen molar-refractivity contribution >= 4 is 5.97 Å². The Morgan fingerprint density at radius 1 is 1.07 bits per heavy atom. The zero-order chi connectivity index (χ0) is 20.6. The third-order valence-corrected chi connectivity index (χ3v) is 5.58. The van der Waals surface area contributed by atoms with Crippen LogP contribution in [0, 0.1) is 11.8 Å². The van der Waals surface area contributed by atoms with E-state index < -0.39 is 18.2 Å². The molecule has 0 aliphatic heterocycles. The number of hydrogen-bond acceptors (Lipinski definition) is 3. The van der Waals surface area contributed by atoms with Crippen LogP contribution in [0.25, 0.3) is 0 Å². The predicted octanol–water partition coefficient (Wildman–Crippen LogP) is 5.41. The Morgan fingerprint density at radius 2 is 1.86 bits per heavy atom. The van der Waals surface area contributed by atoms with Gasteiger partial charge in [0.05, 0.1) is 12.2 Å². The molecule has 4 heteroatoms. The minimum atomic E-state index is -0.799. The smallest absolute Gasteiger partial charge is 0.303 e. The molecule has 1 rings (SSSR count). The maximum Gasteiger partial charge on any atom is 0.303 e. The summed E-state index contributed by atoms with van der Waals surface area (Å²) in [6.07, 6.45) is 22.2. The summed E-state index contributed by atoms with van der Waals surface area (Å²) in [5, 5.41) is 29.2. The van der Waals surface area contributed by atoms with Crippen LogP contribution < -0.4 is 0 Å². The molecule has 1 saturated carbocycles. The molecule has 0 spiro atoms. The van der Waals surface area contributed by atoms with E-state index in [2.05, 4.69) is 25.2 Å². The molecule has 0 bridgehead atoms. The number of aliphatic hydroxyl groups is 2. The molecule has 0 aromatic rings. The predicted molar refractivity (Wildman–Crippen MR) is 115 cm³/mol. The van der Waals surface area contributed by atoms with Gasteiger partial charge in [0.1, 0.15) is 0 Å². The lowest BCUT2D eigenvalue weighted by atomic mass is 9.75. The van der Waals surface area contributed by atoms with Gasteiger partial charge in [0.2, 0.25) is 0 Å². The van der Waals surface area contributed by atoms with Crippen LogP contribution in [0.15, 0.2) is 36.5 Å². The Morgan fingerprint density at radius 3 is 2.61 bits per heavy atom. The molecule has 4 unspecified atom stereocenters. The van der Waals surface area contributed by atoms with Crippen molar-refractivity contribution in [3.63, 3.8) is 0 Å². The topological polar surface area (TPSA) is 77.8 Å². The lowest BCUT2D eigenvalue weighted by Gasteiger charge is -2.33. The van der Waals surface area contributed by atoms with E-state index in [0.29, 0.717) is 25.2 Å². The third kappa shape index (κ3) is 11.5. The van der Waals surface area contributed by atoms with Gasteiger partial charge in [-0.2, -0.15) is 0 Å². The first-order chi connectivity index (χ1) is 13.5. The molecule has 160 valence electrons. The molecular formula is C24H40O4. The fraction of sp³-hybridized carbons (Fsp3) is 0.708. The van der Waals surface area contributed by atoms with Crippen LogP contribution in [-0.2, 0) is 4.79 Å². The van der Waals surface area contributed by atoms with E-state index in [0.717, 1.165) is 25.7 Å². The fourth-order valence-electron chi connectivity index (χ4n) is 3.92. The lowest BCUT2D eigenvalue weighted by molar-refractivity contribution is -0.137. The van der Waals surface area contributed by atoms with E-state index in [1.54, 1.807) is 0 Å². The highest BCUT2D eigenvalue weighted by Crippen LogP contribution is 2.34. The van der Waals surface area contributed by atoms with E-state index in [1.165, 1.54) is 25.7 Å². The summed E-state index contributed by atoms with van der Waals surface area (Å²) in [7, 11) is 0. The number of carbonyl (C=O) groups is 1. The minimum absolute atomic E-state index is 0.123. The SMILES string of the molecule is CCCCCC=CCC(O)C=CC=CC1CCCCC1C(O)CCCC(=O)O. The first kappa shape index (κ1) is 24.6. The molecule has 4 nitrogen and oxygen atoms in total. The van der Waals surface area contributed by atoms with Gasteiger partial charge in [-0.05, 0) is 56.8 Å². The van der Waals surface area contributed by atoms with Gasteiger partial charge in [0.25, 0.3) is 0 Å². The molecule has 0 aromatic carbocycles. The first-order valence-electron chi connectivity index (χ1n) is 11.1. The molecule has 0 radical (unpaired) electrons. The Hall–Kier alpha value is -1.39. The summed E-state index contributed by atoms with van der Waals surface area (Å²) in [6, 6.07) is 0. The Balaban J connectivity index is 2.38. The van der Waals surface area contributed by atoms with E-state index in [1.807, 2.05) is 18.2 Å². The second-order valence-electron chi connectivity index (χ2n) is 8.01. The zero-order valence-corrected chi connectivity index (χ0v) is 17.5. The van der Waals surface area contributed by atoms with Gasteiger partial charge in [0.15, 0.2) is 0 Å². The van der Waals surface area contributed by atoms with Crippen molar-refractivity contribution in [2.24, 2.45) is 11.8 Å². The summed E-state index contributed by atoms with van der Waals surface area (Å²) in [4.78, 5) is 10.7. The molecule has 0 saturated heterocycles. The van der Waals surface area contributed by atoms with Crippen LogP contribution in [0.3, 0.4) is 0 Å². The number of allylic oxidation sites excluding steroid dienone is 4. The number of aliphatic hydroxyl groups excluding tert-OH is 2. The molecule has 0 aromatic heterocycles. The van der Waals surface area contributed by atoms with Crippen molar-refractivity contribution in [1.82, 2.24) is 0 Å². The monoisotopic (exact) mass is 392 g/mol. The Labute approximate surface area is 171 Å². The van der Waals surface area contributed by atoms with Crippen LogP contribution in [0.1, 0.15) is 84.0 Å². The summed E-state index contributed by atoms with van der Waals surface area (Å²) < 4.78 is 0. The standard InChI is InChI=1S/C24H40O4/c1-2-3-4-5-6-7-15-21(25)16-10-8-13-20-14-9-11-17-22(20)23(26)18-12-19-24(27)28/h6-8,10,13,16,20-23,25-26H,2-5,9,11-12,14-15,17-19H2,1H3,(H,27,28). The summed E-state index contributed by atoms with van der Waals surface area (Å²) in [5.74, 6) is -0.260. The van der Waals surface area contributed by atoms with Gasteiger partial charge in [-0.1, -0.05) is 69.1 Å². The quantitative estimate of drug-likeness (QED) is 0.210. The summed E-state index contributed by atoms with van der Waals surface area (Å²) in [5.41, 5.74) is 0. The highest BCUT2D eigenvalue weighted by molar-refractivity contribution is 5.66. The highest BCUT2D eigenvalue weighted by Gasteiger charge is 2.28. The van der Waals surface area contributed by atoms with E-state index in [9.17, 15) is 15.0 Å². The number of rotatable bonds is 14. The van der Waals surface area contributed by atoms with Crippen LogP contribution in [0.4, 0.5) is 0 Å². The average Bonchev–Trinajstić information content (AvgIpc) is 2.68. The minimum Gasteiger partial charge on any atom is -0.481 e. The number of unbranched alkanes of at least 4 members (excludes halogenated alkanes) is 3. The first-order valence-corrected chi connectivity index (χ1v) is 11.1. The van der Waals surface area contributed by atoms with Gasteiger partial charge < -0.3 is 15.3 Å². The largest absolute Gasteiger partial charge is 0.481 e. The molecule has 1 aliphatic rings. The number of carboxylic acid groups (broad SMARTS) is 1. The molecule has 0 heterocycles. The van der Waals surface area contributed by atoms with Crippen LogP contribution in [0.2, 0.25) is 0 Å². The second kappa shape index (κ2) is 15.5. The average molecular weight is 393 g/mol. The van der Waals surface area contributed by atoms with Gasteiger partial charge >= 0.3 is 5.97 Å². The van der Waals surface area contributed by atoms with E-state index >= 15 is 0 Å². The Bertz CT molecular complexity index is 495. The van der Waals surface area contributed by atoms with Crippen molar-refractivity contribution in [3.05, 3.63) is 36.5 Å². The van der Waals surface area contributed by atoms with E-state index in [-0.39, 0.29) is 12.3 Å². The lowest BCUT2D eigenvalue weighted by Crippen LogP contribution is -2.30. The van der Waals surface area contributed by atoms with Crippen LogP contribution in [0.5, 0.6) is 0 Å². The number of carboxylic acids is 1. The van der Waals surface area contributed by atoms with E-state index in [4.69, 9.17) is 5.11 Å². The zero-order valence-electron chi connectivity index (χ0n) is 17.5. The molecule has 4 atom stereocenters. The van der Waals surface area contributed by atoms with Gasteiger partial charge in [-0.3, -0.25) is 4.79 Å². The van der Waals surface area contributed by atoms with Crippen molar-refractivity contribution in [2.45, 2.75) is 96.2 Å². The summed E-state index contributed by atoms with van der Waals surface area (Å²) >= 11 is 0. The highest BCUT2D eigenvalue weighted by atomic mass is 16.4. The summed E-state index contributed by atoms with van der Waals surface area (Å²) in [6.45, 7) is 2.20. The maximum absolute atomic E-state index is 10.7. The van der Waals surface area contributed by atoms with Gasteiger partial charge in [-0.25, -0.2) is 0 Å².